The van der Waals surface area contributed by atoms with Crippen molar-refractivity contribution in [1.82, 2.24) is 10.1 Å². The summed E-state index contributed by atoms with van der Waals surface area (Å²) < 4.78 is 47.2. The molecule has 0 radical (unpaired) electrons. The highest BCUT2D eigenvalue weighted by atomic mass is 32.1. The van der Waals surface area contributed by atoms with Crippen LogP contribution in [-0.4, -0.2) is 41.4 Å². The van der Waals surface area contributed by atoms with E-state index in [2.05, 4.69) is 10.1 Å². The Morgan fingerprint density at radius 2 is 1.85 bits per heavy atom. The SMILES string of the molecule is COC(=O)c1cc(C)c2nc(N3C4CCC3CC(OCc3c(-c5c(F)cccc5F)noc3C3CC3)C4)sc2c1. The van der Waals surface area contributed by atoms with Crippen molar-refractivity contribution in [2.45, 2.75) is 76.2 Å². The molecular formula is C30H29F2N3O4S. The maximum atomic E-state index is 14.6. The molecule has 2 saturated heterocycles. The molecule has 3 fully saturated rings. The average molecular weight is 566 g/mol. The van der Waals surface area contributed by atoms with Crippen LogP contribution in [0.25, 0.3) is 21.5 Å². The zero-order valence-corrected chi connectivity index (χ0v) is 23.1. The summed E-state index contributed by atoms with van der Waals surface area (Å²) in [5, 5.41) is 5.07. The number of carbonyl (C=O) groups is 1. The number of benzene rings is 2. The van der Waals surface area contributed by atoms with Crippen LogP contribution < -0.4 is 4.90 Å². The van der Waals surface area contributed by atoms with Gasteiger partial charge in [0.25, 0.3) is 0 Å². The Morgan fingerprint density at radius 3 is 2.52 bits per heavy atom. The van der Waals surface area contributed by atoms with Gasteiger partial charge in [-0.2, -0.15) is 0 Å². The normalized spacial score (nSPS) is 22.3. The Balaban J connectivity index is 1.10. The maximum absolute atomic E-state index is 14.6. The third-order valence-corrected chi connectivity index (χ3v) is 9.45. The lowest BCUT2D eigenvalue weighted by Gasteiger charge is -2.38. The van der Waals surface area contributed by atoms with Crippen LogP contribution in [0, 0.1) is 18.6 Å². The van der Waals surface area contributed by atoms with Gasteiger partial charge in [0.15, 0.2) is 5.13 Å². The van der Waals surface area contributed by atoms with Crippen LogP contribution in [0.5, 0.6) is 0 Å². The van der Waals surface area contributed by atoms with Crippen LogP contribution in [0.15, 0.2) is 34.9 Å². The van der Waals surface area contributed by atoms with Crippen LogP contribution in [0.4, 0.5) is 13.9 Å². The lowest BCUT2D eigenvalue weighted by Crippen LogP contribution is -2.45. The van der Waals surface area contributed by atoms with Crippen LogP contribution in [-0.2, 0) is 16.1 Å². The molecule has 10 heteroatoms. The average Bonchev–Trinajstić information content (AvgIpc) is 3.46. The lowest BCUT2D eigenvalue weighted by atomic mass is 10.00. The van der Waals surface area contributed by atoms with E-state index >= 15 is 0 Å². The van der Waals surface area contributed by atoms with Gasteiger partial charge >= 0.3 is 5.97 Å². The van der Waals surface area contributed by atoms with Gasteiger partial charge in [0.2, 0.25) is 0 Å². The predicted octanol–water partition coefficient (Wildman–Crippen LogP) is 6.92. The predicted molar refractivity (Wildman–Crippen MR) is 147 cm³/mol. The highest BCUT2D eigenvalue weighted by molar-refractivity contribution is 7.22. The molecule has 7 nitrogen and oxygen atoms in total. The number of aromatic nitrogens is 2. The molecule has 1 aliphatic carbocycles. The largest absolute Gasteiger partial charge is 0.465 e. The molecule has 7 rings (SSSR count). The van der Waals surface area contributed by atoms with E-state index < -0.39 is 11.6 Å². The maximum Gasteiger partial charge on any atom is 0.337 e. The Labute approximate surface area is 234 Å². The molecule has 2 aromatic heterocycles. The molecule has 4 heterocycles. The summed E-state index contributed by atoms with van der Waals surface area (Å²) in [7, 11) is 1.39. The van der Waals surface area contributed by atoms with Crippen molar-refractivity contribution in [3.05, 3.63) is 64.4 Å². The molecule has 2 bridgehead atoms. The number of piperidine rings is 1. The van der Waals surface area contributed by atoms with Crippen LogP contribution in [0.2, 0.25) is 0 Å². The quantitative estimate of drug-likeness (QED) is 0.225. The van der Waals surface area contributed by atoms with Crippen molar-refractivity contribution in [2.75, 3.05) is 12.0 Å². The molecule has 2 atom stereocenters. The zero-order valence-electron chi connectivity index (χ0n) is 22.3. The summed E-state index contributed by atoms with van der Waals surface area (Å²) in [6, 6.07) is 8.09. The summed E-state index contributed by atoms with van der Waals surface area (Å²) >= 11 is 1.61. The molecule has 4 aromatic rings. The summed E-state index contributed by atoms with van der Waals surface area (Å²) in [5.74, 6) is -0.748. The van der Waals surface area contributed by atoms with Crippen molar-refractivity contribution >= 4 is 32.7 Å². The van der Waals surface area contributed by atoms with E-state index in [-0.39, 0.29) is 35.9 Å². The molecule has 208 valence electrons. The van der Waals surface area contributed by atoms with E-state index in [1.807, 2.05) is 19.1 Å². The minimum Gasteiger partial charge on any atom is -0.465 e. The zero-order chi connectivity index (χ0) is 27.5. The molecule has 0 amide bonds. The first kappa shape index (κ1) is 25.6. The van der Waals surface area contributed by atoms with Crippen molar-refractivity contribution in [2.24, 2.45) is 0 Å². The number of hydrogen-bond donors (Lipinski definition) is 0. The topological polar surface area (TPSA) is 77.7 Å². The second kappa shape index (κ2) is 9.92. The van der Waals surface area contributed by atoms with Crippen LogP contribution in [0.3, 0.4) is 0 Å². The number of esters is 1. The molecule has 1 saturated carbocycles. The number of methoxy groups -OCH3 is 1. The van der Waals surface area contributed by atoms with E-state index in [0.29, 0.717) is 29.0 Å². The van der Waals surface area contributed by atoms with E-state index in [1.54, 1.807) is 11.3 Å². The van der Waals surface area contributed by atoms with E-state index in [9.17, 15) is 13.6 Å². The molecular weight excluding hydrogens is 536 g/mol. The van der Waals surface area contributed by atoms with E-state index in [0.717, 1.165) is 59.4 Å². The molecule has 40 heavy (non-hydrogen) atoms. The van der Waals surface area contributed by atoms with Gasteiger partial charge in [-0.3, -0.25) is 0 Å². The van der Waals surface area contributed by atoms with Crippen molar-refractivity contribution < 1.29 is 27.6 Å². The summed E-state index contributed by atoms with van der Waals surface area (Å²) in [5.41, 5.74) is 3.10. The van der Waals surface area contributed by atoms with E-state index in [4.69, 9.17) is 19.0 Å². The van der Waals surface area contributed by atoms with Gasteiger partial charge in [-0.05, 0) is 75.3 Å². The van der Waals surface area contributed by atoms with Crippen molar-refractivity contribution in [1.29, 1.82) is 0 Å². The van der Waals surface area contributed by atoms with Gasteiger partial charge in [-0.15, -0.1) is 0 Å². The molecule has 2 aromatic carbocycles. The van der Waals surface area contributed by atoms with Gasteiger partial charge in [0, 0.05) is 23.6 Å². The number of halogens is 2. The first-order valence-electron chi connectivity index (χ1n) is 13.7. The summed E-state index contributed by atoms with van der Waals surface area (Å²) in [4.78, 5) is 19.5. The summed E-state index contributed by atoms with van der Waals surface area (Å²) in [6.07, 6.45) is 5.76. The number of ether oxygens (including phenoxy) is 2. The number of thiazole rings is 1. The minimum absolute atomic E-state index is 0.0102. The number of carbonyl (C=O) groups excluding carboxylic acids is 1. The number of fused-ring (bicyclic) bond motifs is 3. The standard InChI is InChI=1S/C30H29F2N3O4S/c1-15-10-17(29(36)37-2)11-24-26(15)33-30(40-24)35-18-8-9-19(35)13-20(12-18)38-14-21-27(34-39-28(21)16-6-7-16)25-22(31)4-3-5-23(25)32/h3-5,10-11,16,18-20H,6-9,12-14H2,1-2H3. The Kier molecular flexibility index (Phi) is 6.35. The third-order valence-electron chi connectivity index (χ3n) is 8.44. The number of aryl methyl sites for hydroxylation is 1. The second-order valence-electron chi connectivity index (χ2n) is 11.1. The van der Waals surface area contributed by atoms with Crippen LogP contribution >= 0.6 is 11.3 Å². The first-order chi connectivity index (χ1) is 19.4. The minimum atomic E-state index is -0.659. The number of nitrogens with zero attached hydrogens (tertiary/aromatic N) is 3. The van der Waals surface area contributed by atoms with Gasteiger partial charge in [-0.1, -0.05) is 22.6 Å². The highest BCUT2D eigenvalue weighted by Crippen LogP contribution is 2.46. The van der Waals surface area contributed by atoms with Gasteiger partial charge in [0.1, 0.15) is 23.1 Å². The smallest absolute Gasteiger partial charge is 0.337 e. The molecule has 0 N–H and O–H groups in total. The van der Waals surface area contributed by atoms with Crippen molar-refractivity contribution in [3.8, 4) is 11.3 Å². The van der Waals surface area contributed by atoms with Gasteiger partial charge < -0.3 is 18.9 Å². The van der Waals surface area contributed by atoms with Gasteiger partial charge in [0.05, 0.1) is 41.2 Å². The second-order valence-corrected chi connectivity index (χ2v) is 12.1. The Morgan fingerprint density at radius 1 is 1.12 bits per heavy atom. The summed E-state index contributed by atoms with van der Waals surface area (Å²) in [6.45, 7) is 2.17. The number of hydrogen-bond acceptors (Lipinski definition) is 8. The molecule has 2 unspecified atom stereocenters. The fraction of sp³-hybridized carbons (Fsp3) is 0.433. The Bertz CT molecular complexity index is 1580. The van der Waals surface area contributed by atoms with E-state index in [1.165, 1.54) is 25.3 Å². The van der Waals surface area contributed by atoms with Gasteiger partial charge in [-0.25, -0.2) is 18.6 Å². The molecule has 3 aliphatic rings. The molecule has 0 spiro atoms. The third kappa shape index (κ3) is 4.37. The highest BCUT2D eigenvalue weighted by Gasteiger charge is 2.43. The first-order valence-corrected chi connectivity index (χ1v) is 14.5. The Hall–Kier alpha value is -3.37. The van der Waals surface area contributed by atoms with Crippen molar-refractivity contribution in [3.63, 3.8) is 0 Å². The molecule has 2 aliphatic heterocycles. The lowest BCUT2D eigenvalue weighted by molar-refractivity contribution is 0.0147. The monoisotopic (exact) mass is 565 g/mol. The fourth-order valence-corrected chi connectivity index (χ4v) is 7.58. The number of rotatable bonds is 7. The number of anilines is 1. The van der Waals surface area contributed by atoms with Crippen LogP contribution in [0.1, 0.15) is 71.7 Å². The fourth-order valence-electron chi connectivity index (χ4n) is 6.36.